The Kier molecular flexibility index (Phi) is 3.24. The summed E-state index contributed by atoms with van der Waals surface area (Å²) < 4.78 is 0. The predicted octanol–water partition coefficient (Wildman–Crippen LogP) is 0.858. The second-order valence-corrected chi connectivity index (χ2v) is 4.69. The van der Waals surface area contributed by atoms with E-state index in [0.717, 1.165) is 30.9 Å². The van der Waals surface area contributed by atoms with Gasteiger partial charge in [0.25, 0.3) is 0 Å². The predicted molar refractivity (Wildman–Crippen MR) is 79.3 cm³/mol. The fraction of sp³-hybridized carbons (Fsp3) is 0.308. The summed E-state index contributed by atoms with van der Waals surface area (Å²) in [5.41, 5.74) is 13.5. The van der Waals surface area contributed by atoms with E-state index in [1.54, 1.807) is 0 Å². The molecule has 0 saturated heterocycles. The van der Waals surface area contributed by atoms with Crippen LogP contribution in [-0.4, -0.2) is 28.0 Å². The van der Waals surface area contributed by atoms with Gasteiger partial charge in [0, 0.05) is 13.1 Å². The second-order valence-electron chi connectivity index (χ2n) is 4.69. The number of nitrogens with two attached hydrogens (primary N) is 2. The minimum absolute atomic E-state index is 0.161. The van der Waals surface area contributed by atoms with Crippen LogP contribution in [0.15, 0.2) is 24.3 Å². The van der Waals surface area contributed by atoms with E-state index in [1.807, 2.05) is 12.1 Å². The minimum atomic E-state index is 0.161. The molecule has 1 aromatic heterocycles. The number of para-hydroxylation sites is 2. The van der Waals surface area contributed by atoms with Crippen molar-refractivity contribution in [2.45, 2.75) is 13.0 Å². The summed E-state index contributed by atoms with van der Waals surface area (Å²) in [7, 11) is 0. The van der Waals surface area contributed by atoms with Crippen molar-refractivity contribution >= 4 is 23.3 Å². The molecular formula is C13H17N7. The number of rotatable bonds is 2. The third kappa shape index (κ3) is 2.56. The highest BCUT2D eigenvalue weighted by Crippen LogP contribution is 2.28. The Labute approximate surface area is 117 Å². The Balaban J connectivity index is 1.90. The van der Waals surface area contributed by atoms with E-state index < -0.39 is 0 Å². The molecule has 20 heavy (non-hydrogen) atoms. The van der Waals surface area contributed by atoms with Crippen molar-refractivity contribution in [2.24, 2.45) is 0 Å². The van der Waals surface area contributed by atoms with Crippen LogP contribution in [0.3, 0.4) is 0 Å². The van der Waals surface area contributed by atoms with Gasteiger partial charge in [-0.15, -0.1) is 0 Å². The van der Waals surface area contributed by atoms with E-state index in [-0.39, 0.29) is 11.9 Å². The minimum Gasteiger partial charge on any atom is -0.383 e. The van der Waals surface area contributed by atoms with Crippen LogP contribution in [0.25, 0.3) is 0 Å². The van der Waals surface area contributed by atoms with Gasteiger partial charge in [0.2, 0.25) is 11.9 Å². The van der Waals surface area contributed by atoms with Crippen molar-refractivity contribution in [1.29, 1.82) is 0 Å². The molecule has 1 aliphatic rings. The monoisotopic (exact) mass is 271 g/mol. The Morgan fingerprint density at radius 3 is 2.65 bits per heavy atom. The molecule has 0 bridgehead atoms. The first kappa shape index (κ1) is 12.5. The van der Waals surface area contributed by atoms with E-state index in [4.69, 9.17) is 11.5 Å². The van der Waals surface area contributed by atoms with Crippen molar-refractivity contribution in [2.75, 3.05) is 34.8 Å². The van der Waals surface area contributed by atoms with Gasteiger partial charge in [0.1, 0.15) is 0 Å². The third-order valence-corrected chi connectivity index (χ3v) is 3.21. The van der Waals surface area contributed by atoms with Crippen LogP contribution in [0, 0.1) is 0 Å². The highest BCUT2D eigenvalue weighted by Gasteiger charge is 2.16. The molecule has 0 aliphatic carbocycles. The lowest BCUT2D eigenvalue weighted by Gasteiger charge is -2.23. The molecule has 0 unspecified atom stereocenters. The SMILES string of the molecule is Nc1nc(N)nc(CN2CCCNc3ccccc32)n1. The number of hydrogen-bond acceptors (Lipinski definition) is 7. The number of hydrogen-bond donors (Lipinski definition) is 3. The highest BCUT2D eigenvalue weighted by atomic mass is 15.2. The lowest BCUT2D eigenvalue weighted by atomic mass is 10.2. The number of nitrogens with zero attached hydrogens (tertiary/aromatic N) is 4. The number of aromatic nitrogens is 3. The molecule has 2 aromatic rings. The van der Waals surface area contributed by atoms with Crippen molar-refractivity contribution in [1.82, 2.24) is 15.0 Å². The lowest BCUT2D eigenvalue weighted by molar-refractivity contribution is 0.732. The molecule has 7 heteroatoms. The zero-order valence-electron chi connectivity index (χ0n) is 11.1. The highest BCUT2D eigenvalue weighted by molar-refractivity contribution is 5.70. The van der Waals surface area contributed by atoms with Crippen molar-refractivity contribution in [3.05, 3.63) is 30.1 Å². The van der Waals surface area contributed by atoms with Gasteiger partial charge >= 0.3 is 0 Å². The fourth-order valence-corrected chi connectivity index (χ4v) is 2.37. The summed E-state index contributed by atoms with van der Waals surface area (Å²) in [6.07, 6.45) is 1.05. The van der Waals surface area contributed by atoms with Crippen LogP contribution in [0.5, 0.6) is 0 Å². The van der Waals surface area contributed by atoms with E-state index >= 15 is 0 Å². The zero-order valence-corrected chi connectivity index (χ0v) is 11.1. The summed E-state index contributed by atoms with van der Waals surface area (Å²) in [5.74, 6) is 0.911. The van der Waals surface area contributed by atoms with E-state index in [2.05, 4.69) is 37.3 Å². The summed E-state index contributed by atoms with van der Waals surface area (Å²) >= 11 is 0. The van der Waals surface area contributed by atoms with Crippen LogP contribution in [-0.2, 0) is 6.54 Å². The van der Waals surface area contributed by atoms with Crippen LogP contribution in [0.1, 0.15) is 12.2 Å². The Morgan fingerprint density at radius 2 is 1.85 bits per heavy atom. The quantitative estimate of drug-likeness (QED) is 0.743. The first-order valence-electron chi connectivity index (χ1n) is 6.56. The molecule has 104 valence electrons. The molecule has 0 radical (unpaired) electrons. The molecule has 1 aliphatic heterocycles. The van der Waals surface area contributed by atoms with Crippen LogP contribution in [0.4, 0.5) is 23.3 Å². The summed E-state index contributed by atoms with van der Waals surface area (Å²) in [6, 6.07) is 8.20. The van der Waals surface area contributed by atoms with E-state index in [9.17, 15) is 0 Å². The molecule has 3 rings (SSSR count). The van der Waals surface area contributed by atoms with Gasteiger partial charge in [-0.05, 0) is 18.6 Å². The Morgan fingerprint density at radius 1 is 1.10 bits per heavy atom. The number of nitrogens with one attached hydrogen (secondary N) is 1. The van der Waals surface area contributed by atoms with Crippen LogP contribution < -0.4 is 21.7 Å². The number of benzene rings is 1. The van der Waals surface area contributed by atoms with Crippen molar-refractivity contribution < 1.29 is 0 Å². The van der Waals surface area contributed by atoms with Crippen molar-refractivity contribution in [3.63, 3.8) is 0 Å². The lowest BCUT2D eigenvalue weighted by Crippen LogP contribution is -2.25. The van der Waals surface area contributed by atoms with Gasteiger partial charge in [-0.1, -0.05) is 12.1 Å². The molecule has 0 spiro atoms. The largest absolute Gasteiger partial charge is 0.383 e. The molecule has 5 N–H and O–H groups in total. The normalized spacial score (nSPS) is 14.3. The molecule has 1 aromatic carbocycles. The topological polar surface area (TPSA) is 106 Å². The van der Waals surface area contributed by atoms with Crippen LogP contribution >= 0.6 is 0 Å². The van der Waals surface area contributed by atoms with Crippen molar-refractivity contribution in [3.8, 4) is 0 Å². The molecule has 0 saturated carbocycles. The number of fused-ring (bicyclic) bond motifs is 1. The first-order chi connectivity index (χ1) is 9.72. The van der Waals surface area contributed by atoms with E-state index in [0.29, 0.717) is 12.4 Å². The first-order valence-corrected chi connectivity index (χ1v) is 6.56. The molecule has 2 heterocycles. The van der Waals surface area contributed by atoms with Gasteiger partial charge in [0.05, 0.1) is 17.9 Å². The van der Waals surface area contributed by atoms with Gasteiger partial charge in [-0.25, -0.2) is 0 Å². The maximum absolute atomic E-state index is 5.62. The summed E-state index contributed by atoms with van der Waals surface area (Å²) in [6.45, 7) is 2.44. The molecule has 0 amide bonds. The standard InChI is InChI=1S/C13H17N7/c14-12-17-11(18-13(15)19-12)8-20-7-3-6-16-9-4-1-2-5-10(9)20/h1-2,4-5,16H,3,6-8H2,(H4,14,15,17,18,19). The van der Waals surface area contributed by atoms with Gasteiger partial charge in [-0.3, -0.25) is 0 Å². The summed E-state index contributed by atoms with van der Waals surface area (Å²) in [4.78, 5) is 14.3. The Bertz CT molecular complexity index is 593. The average molecular weight is 271 g/mol. The van der Waals surface area contributed by atoms with Gasteiger partial charge in [-0.2, -0.15) is 15.0 Å². The molecule has 7 nitrogen and oxygen atoms in total. The van der Waals surface area contributed by atoms with E-state index in [1.165, 1.54) is 0 Å². The third-order valence-electron chi connectivity index (χ3n) is 3.21. The molecule has 0 atom stereocenters. The maximum Gasteiger partial charge on any atom is 0.225 e. The van der Waals surface area contributed by atoms with Gasteiger partial charge < -0.3 is 21.7 Å². The number of nitrogen functional groups attached to an aromatic ring is 2. The average Bonchev–Trinajstić information content (AvgIpc) is 2.61. The Hall–Kier alpha value is -2.57. The van der Waals surface area contributed by atoms with Gasteiger partial charge in [0.15, 0.2) is 5.82 Å². The molecule has 0 fully saturated rings. The summed E-state index contributed by atoms with van der Waals surface area (Å²) in [5, 5.41) is 3.42. The maximum atomic E-state index is 5.62. The smallest absolute Gasteiger partial charge is 0.225 e. The van der Waals surface area contributed by atoms with Crippen LogP contribution in [0.2, 0.25) is 0 Å². The number of anilines is 4. The molecular weight excluding hydrogens is 254 g/mol. The fourth-order valence-electron chi connectivity index (χ4n) is 2.37. The second kappa shape index (κ2) is 5.20. The zero-order chi connectivity index (χ0) is 13.9.